The minimum absolute atomic E-state index is 0.289. The Morgan fingerprint density at radius 2 is 1.70 bits per heavy atom. The van der Waals surface area contributed by atoms with Crippen molar-refractivity contribution in [1.82, 2.24) is 0 Å². The molecule has 0 amide bonds. The molecule has 0 unspecified atom stereocenters. The van der Waals surface area contributed by atoms with Crippen molar-refractivity contribution >= 4 is 5.97 Å². The van der Waals surface area contributed by atoms with Crippen molar-refractivity contribution in [2.24, 2.45) is 5.92 Å². The molecule has 0 atom stereocenters. The smallest absolute Gasteiger partial charge is 0.333 e. The van der Waals surface area contributed by atoms with Crippen LogP contribution in [0.25, 0.3) is 11.1 Å². The number of unbranched alkanes of at least 4 members (excludes halogenated alkanes) is 2. The monoisotopic (exact) mass is 448 g/mol. The van der Waals surface area contributed by atoms with E-state index in [0.717, 1.165) is 17.0 Å². The van der Waals surface area contributed by atoms with Crippen molar-refractivity contribution in [3.63, 3.8) is 0 Å². The number of carbonyl (C=O) groups is 1. The molecule has 3 nitrogen and oxygen atoms in total. The van der Waals surface area contributed by atoms with Crippen molar-refractivity contribution in [3.05, 3.63) is 65.7 Å². The second kappa shape index (κ2) is 12.6. The number of benzene rings is 2. The van der Waals surface area contributed by atoms with E-state index in [9.17, 15) is 9.90 Å². The van der Waals surface area contributed by atoms with Crippen LogP contribution < -0.4 is 0 Å². The molecule has 0 bridgehead atoms. The number of aromatic hydroxyl groups is 1. The molecule has 0 heterocycles. The summed E-state index contributed by atoms with van der Waals surface area (Å²) in [4.78, 5) is 11.5. The van der Waals surface area contributed by atoms with Crippen LogP contribution in [0.4, 0.5) is 0 Å². The molecule has 0 saturated heterocycles. The van der Waals surface area contributed by atoms with Crippen molar-refractivity contribution in [3.8, 4) is 16.9 Å². The normalized spacial score (nSPS) is 18.1. The third-order valence-corrected chi connectivity index (χ3v) is 7.03. The van der Waals surface area contributed by atoms with Crippen molar-refractivity contribution in [2.75, 3.05) is 6.61 Å². The fourth-order valence-corrected chi connectivity index (χ4v) is 4.93. The van der Waals surface area contributed by atoms with E-state index in [1.807, 2.05) is 12.1 Å². The molecule has 3 rings (SSSR count). The first kappa shape index (κ1) is 25.1. The Bertz CT molecular complexity index is 905. The molecule has 1 N–H and O–H groups in total. The van der Waals surface area contributed by atoms with Gasteiger partial charge in [0, 0.05) is 5.57 Å². The fourth-order valence-electron chi connectivity index (χ4n) is 4.93. The Labute approximate surface area is 199 Å². The molecule has 2 aromatic rings. The van der Waals surface area contributed by atoms with Crippen LogP contribution in [-0.4, -0.2) is 17.7 Å². The number of carbonyl (C=O) groups excluding carboxylic acids is 1. The molecule has 0 aromatic heterocycles. The zero-order chi connectivity index (χ0) is 23.6. The van der Waals surface area contributed by atoms with Gasteiger partial charge in [-0.15, -0.1) is 0 Å². The topological polar surface area (TPSA) is 46.5 Å². The van der Waals surface area contributed by atoms with Gasteiger partial charge >= 0.3 is 5.97 Å². The zero-order valence-electron chi connectivity index (χ0n) is 20.4. The number of aryl methyl sites for hydroxylation is 1. The predicted molar refractivity (Wildman–Crippen MR) is 136 cm³/mol. The highest BCUT2D eigenvalue weighted by atomic mass is 16.5. The Morgan fingerprint density at radius 3 is 2.36 bits per heavy atom. The lowest BCUT2D eigenvalue weighted by molar-refractivity contribution is -0.139. The van der Waals surface area contributed by atoms with Gasteiger partial charge in [0.2, 0.25) is 0 Å². The van der Waals surface area contributed by atoms with Crippen LogP contribution in [0.5, 0.6) is 5.75 Å². The van der Waals surface area contributed by atoms with Gasteiger partial charge in [-0.25, -0.2) is 4.79 Å². The number of hydrogen-bond donors (Lipinski definition) is 1. The third-order valence-electron chi connectivity index (χ3n) is 7.03. The molecule has 178 valence electrons. The van der Waals surface area contributed by atoms with Gasteiger partial charge in [-0.1, -0.05) is 69.5 Å². The number of phenolic OH excluding ortho intramolecular Hbond substituents is 1. The molecule has 0 aliphatic heterocycles. The van der Waals surface area contributed by atoms with Crippen LogP contribution in [0.2, 0.25) is 0 Å². The Hall–Kier alpha value is -2.55. The lowest BCUT2D eigenvalue weighted by Crippen LogP contribution is -2.13. The summed E-state index contributed by atoms with van der Waals surface area (Å²) in [7, 11) is 0. The van der Waals surface area contributed by atoms with E-state index in [1.165, 1.54) is 62.5 Å². The summed E-state index contributed by atoms with van der Waals surface area (Å²) >= 11 is 0. The van der Waals surface area contributed by atoms with E-state index >= 15 is 0 Å². The lowest BCUT2D eigenvalue weighted by Gasteiger charge is -2.29. The summed E-state index contributed by atoms with van der Waals surface area (Å²) in [6.45, 7) is 7.84. The molecule has 1 aliphatic carbocycles. The fraction of sp³-hybridized carbons (Fsp3) is 0.500. The summed E-state index contributed by atoms with van der Waals surface area (Å²) in [6, 6.07) is 14.8. The van der Waals surface area contributed by atoms with E-state index in [-0.39, 0.29) is 11.7 Å². The van der Waals surface area contributed by atoms with Crippen LogP contribution in [0.1, 0.15) is 88.7 Å². The van der Waals surface area contributed by atoms with Gasteiger partial charge in [0.05, 0.1) is 6.61 Å². The summed E-state index contributed by atoms with van der Waals surface area (Å²) < 4.78 is 5.16. The van der Waals surface area contributed by atoms with Gasteiger partial charge in [0.15, 0.2) is 0 Å². The number of esters is 1. The summed E-state index contributed by atoms with van der Waals surface area (Å²) in [5, 5.41) is 10.3. The summed E-state index contributed by atoms with van der Waals surface area (Å²) in [5.41, 5.74) is 5.02. The Kier molecular flexibility index (Phi) is 9.60. The quantitative estimate of drug-likeness (QED) is 0.215. The van der Waals surface area contributed by atoms with E-state index in [4.69, 9.17) is 4.74 Å². The summed E-state index contributed by atoms with van der Waals surface area (Å²) in [5.74, 6) is 1.56. The maximum absolute atomic E-state index is 11.5. The molecule has 0 radical (unpaired) electrons. The van der Waals surface area contributed by atoms with Crippen LogP contribution in [0.15, 0.2) is 54.6 Å². The van der Waals surface area contributed by atoms with Crippen LogP contribution in [-0.2, 0) is 16.0 Å². The van der Waals surface area contributed by atoms with Crippen LogP contribution in [0.3, 0.4) is 0 Å². The molecule has 2 aromatic carbocycles. The lowest BCUT2D eigenvalue weighted by atomic mass is 9.77. The summed E-state index contributed by atoms with van der Waals surface area (Å²) in [6.07, 6.45) is 12.2. The zero-order valence-corrected chi connectivity index (χ0v) is 20.4. The maximum atomic E-state index is 11.5. The molecule has 1 fully saturated rings. The molecule has 3 heteroatoms. The number of rotatable bonds is 11. The van der Waals surface area contributed by atoms with Gasteiger partial charge in [-0.2, -0.15) is 0 Å². The van der Waals surface area contributed by atoms with E-state index in [2.05, 4.69) is 37.8 Å². The highest BCUT2D eigenvalue weighted by Gasteiger charge is 2.22. The molecular formula is C30H40O3. The van der Waals surface area contributed by atoms with Crippen LogP contribution in [0, 0.1) is 5.92 Å². The second-order valence-electron chi connectivity index (χ2n) is 9.70. The third kappa shape index (κ3) is 7.48. The van der Waals surface area contributed by atoms with Gasteiger partial charge < -0.3 is 9.84 Å². The standard InChI is InChI=1S/C30H40O3/c1-4-5-6-8-23-10-12-24(13-11-23)25-14-16-26(17-15-25)27-18-19-29(31)28(21-27)9-7-20-33-30(32)22(2)3/h14-19,21,23-24,31H,2,4-13,20H2,1,3H3. The largest absolute Gasteiger partial charge is 0.508 e. The number of hydrogen-bond acceptors (Lipinski definition) is 3. The first-order valence-corrected chi connectivity index (χ1v) is 12.7. The molecule has 1 saturated carbocycles. The first-order valence-electron chi connectivity index (χ1n) is 12.7. The molecule has 1 aliphatic rings. The SMILES string of the molecule is C=C(C)C(=O)OCCCc1cc(-c2ccc(C3CCC(CCCCC)CC3)cc2)ccc1O. The average molecular weight is 449 g/mol. The van der Waals surface area contributed by atoms with Gasteiger partial charge in [-0.3, -0.25) is 0 Å². The van der Waals surface area contributed by atoms with E-state index < -0.39 is 0 Å². The molecular weight excluding hydrogens is 408 g/mol. The molecule has 33 heavy (non-hydrogen) atoms. The van der Waals surface area contributed by atoms with Gasteiger partial charge in [-0.05, 0) is 91.7 Å². The Balaban J connectivity index is 1.54. The Morgan fingerprint density at radius 1 is 1.00 bits per heavy atom. The maximum Gasteiger partial charge on any atom is 0.333 e. The van der Waals surface area contributed by atoms with Crippen LogP contribution >= 0.6 is 0 Å². The van der Waals surface area contributed by atoms with Gasteiger partial charge in [0.1, 0.15) is 5.75 Å². The van der Waals surface area contributed by atoms with E-state index in [0.29, 0.717) is 30.9 Å². The highest BCUT2D eigenvalue weighted by Crippen LogP contribution is 2.38. The van der Waals surface area contributed by atoms with E-state index in [1.54, 1.807) is 13.0 Å². The van der Waals surface area contributed by atoms with Crippen molar-refractivity contribution < 1.29 is 14.6 Å². The first-order chi connectivity index (χ1) is 16.0. The average Bonchev–Trinajstić information content (AvgIpc) is 2.83. The molecule has 0 spiro atoms. The second-order valence-corrected chi connectivity index (χ2v) is 9.70. The minimum atomic E-state index is -0.363. The predicted octanol–water partition coefficient (Wildman–Crippen LogP) is 7.97. The minimum Gasteiger partial charge on any atom is -0.508 e. The number of phenols is 1. The van der Waals surface area contributed by atoms with Crippen molar-refractivity contribution in [1.29, 1.82) is 0 Å². The van der Waals surface area contributed by atoms with Gasteiger partial charge in [0.25, 0.3) is 0 Å². The highest BCUT2D eigenvalue weighted by molar-refractivity contribution is 5.86. The number of ether oxygens (including phenoxy) is 1. The van der Waals surface area contributed by atoms with Crippen molar-refractivity contribution in [2.45, 2.75) is 84.0 Å².